The minimum absolute atomic E-state index is 0.0842. The molecule has 0 unspecified atom stereocenters. The number of alkyl halides is 3. The van der Waals surface area contributed by atoms with Gasteiger partial charge < -0.3 is 14.8 Å². The largest absolute Gasteiger partial charge is 0.490 e. The molecule has 0 radical (unpaired) electrons. The summed E-state index contributed by atoms with van der Waals surface area (Å²) < 4.78 is 51.9. The monoisotopic (exact) mass is 500 g/mol. The molecule has 0 bridgehead atoms. The van der Waals surface area contributed by atoms with Crippen LogP contribution in [-0.2, 0) is 12.7 Å². The van der Waals surface area contributed by atoms with Crippen molar-refractivity contribution in [3.63, 3.8) is 0 Å². The van der Waals surface area contributed by atoms with Crippen LogP contribution in [0.4, 0.5) is 13.2 Å². The Morgan fingerprint density at radius 1 is 1.16 bits per heavy atom. The molecule has 0 saturated carbocycles. The fourth-order valence-electron chi connectivity index (χ4n) is 2.93. The predicted octanol–water partition coefficient (Wildman–Crippen LogP) is 4.55. The van der Waals surface area contributed by atoms with Gasteiger partial charge in [0.05, 0.1) is 17.7 Å². The maximum Gasteiger partial charge on any atom is 0.433 e. The van der Waals surface area contributed by atoms with Gasteiger partial charge in [-0.05, 0) is 60.5 Å². The zero-order chi connectivity index (χ0) is 22.8. The number of aromatic nitrogens is 3. The number of nitrogens with zero attached hydrogens (tertiary/aromatic N) is 3. The van der Waals surface area contributed by atoms with Gasteiger partial charge in [0.2, 0.25) is 0 Å². The summed E-state index contributed by atoms with van der Waals surface area (Å²) in [4.78, 5) is 16.7. The number of benzene rings is 1. The summed E-state index contributed by atoms with van der Waals surface area (Å²) in [7, 11) is 0. The molecule has 1 aromatic carbocycles. The van der Waals surface area contributed by atoms with E-state index in [1.807, 2.05) is 13.8 Å². The van der Waals surface area contributed by atoms with Crippen molar-refractivity contribution >= 4 is 27.5 Å². The first-order valence-electron chi connectivity index (χ1n) is 9.45. The quantitative estimate of drug-likeness (QED) is 0.515. The Bertz CT molecular complexity index is 1120. The molecule has 1 amide bonds. The molecule has 3 aromatic rings. The van der Waals surface area contributed by atoms with Gasteiger partial charge in [0, 0.05) is 12.2 Å². The molecule has 0 saturated heterocycles. The number of halogens is 4. The summed E-state index contributed by atoms with van der Waals surface area (Å²) in [5.74, 6) is 0.484. The lowest BCUT2D eigenvalue weighted by molar-refractivity contribution is -0.142. The Hall–Kier alpha value is -2.82. The van der Waals surface area contributed by atoms with E-state index in [0.29, 0.717) is 29.2 Å². The normalized spacial score (nSPS) is 11.6. The van der Waals surface area contributed by atoms with Gasteiger partial charge in [0.15, 0.2) is 22.8 Å². The van der Waals surface area contributed by atoms with E-state index in [1.165, 1.54) is 6.92 Å². The average Bonchev–Trinajstić information content (AvgIpc) is 3.03. The van der Waals surface area contributed by atoms with E-state index in [0.717, 1.165) is 11.6 Å². The number of carbonyl (C=O) groups excluding carboxylic acids is 1. The highest BCUT2D eigenvalue weighted by molar-refractivity contribution is 9.10. The molecule has 0 spiro atoms. The Balaban J connectivity index is 1.86. The van der Waals surface area contributed by atoms with Crippen LogP contribution in [0.3, 0.4) is 0 Å². The van der Waals surface area contributed by atoms with Gasteiger partial charge in [-0.15, -0.1) is 0 Å². The van der Waals surface area contributed by atoms with Crippen LogP contribution in [0.25, 0.3) is 5.65 Å². The zero-order valence-corrected chi connectivity index (χ0v) is 18.6. The Morgan fingerprint density at radius 3 is 2.48 bits per heavy atom. The van der Waals surface area contributed by atoms with E-state index < -0.39 is 17.8 Å². The second kappa shape index (κ2) is 9.13. The lowest BCUT2D eigenvalue weighted by Gasteiger charge is -2.12. The van der Waals surface area contributed by atoms with E-state index in [1.54, 1.807) is 18.2 Å². The van der Waals surface area contributed by atoms with Crippen molar-refractivity contribution in [1.82, 2.24) is 19.9 Å². The van der Waals surface area contributed by atoms with Crippen LogP contribution < -0.4 is 14.8 Å². The number of nitrogens with one attached hydrogen (secondary N) is 1. The van der Waals surface area contributed by atoms with Crippen LogP contribution in [0.1, 0.15) is 41.3 Å². The van der Waals surface area contributed by atoms with Gasteiger partial charge in [0.25, 0.3) is 5.91 Å². The molecular formula is C20H20BrF3N4O3. The van der Waals surface area contributed by atoms with Gasteiger partial charge in [-0.1, -0.05) is 6.07 Å². The molecule has 2 aromatic heterocycles. The molecule has 0 atom stereocenters. The van der Waals surface area contributed by atoms with E-state index in [9.17, 15) is 18.0 Å². The molecule has 7 nitrogen and oxygen atoms in total. The van der Waals surface area contributed by atoms with Crippen molar-refractivity contribution in [2.24, 2.45) is 0 Å². The van der Waals surface area contributed by atoms with E-state index in [-0.39, 0.29) is 28.1 Å². The number of amides is 1. The van der Waals surface area contributed by atoms with E-state index >= 15 is 0 Å². The van der Waals surface area contributed by atoms with Crippen LogP contribution in [0.5, 0.6) is 11.5 Å². The van der Waals surface area contributed by atoms with Crippen molar-refractivity contribution in [3.05, 3.63) is 51.4 Å². The van der Waals surface area contributed by atoms with Crippen molar-refractivity contribution in [1.29, 1.82) is 0 Å². The third-order valence-electron chi connectivity index (χ3n) is 4.23. The zero-order valence-electron chi connectivity index (χ0n) is 17.0. The minimum Gasteiger partial charge on any atom is -0.490 e. The molecule has 1 N–H and O–H groups in total. The highest BCUT2D eigenvalue weighted by Crippen LogP contribution is 2.32. The fraction of sp³-hybridized carbons (Fsp3) is 0.350. The van der Waals surface area contributed by atoms with Crippen LogP contribution >= 0.6 is 15.9 Å². The molecule has 3 rings (SSSR count). The molecule has 0 aliphatic carbocycles. The molecule has 0 fully saturated rings. The van der Waals surface area contributed by atoms with Gasteiger partial charge in [-0.3, -0.25) is 4.79 Å². The minimum atomic E-state index is -4.65. The lowest BCUT2D eigenvalue weighted by atomic mass is 10.2. The first kappa shape index (κ1) is 22.9. The third kappa shape index (κ3) is 4.92. The molecular weight excluding hydrogens is 481 g/mol. The van der Waals surface area contributed by atoms with Crippen molar-refractivity contribution < 1.29 is 27.4 Å². The van der Waals surface area contributed by atoms with Crippen LogP contribution in [0, 0.1) is 6.92 Å². The van der Waals surface area contributed by atoms with Crippen LogP contribution in [0.15, 0.2) is 28.7 Å². The number of hydrogen-bond donors (Lipinski definition) is 1. The predicted molar refractivity (Wildman–Crippen MR) is 110 cm³/mol. The summed E-state index contributed by atoms with van der Waals surface area (Å²) in [6.07, 6.45) is -4.65. The molecule has 0 aliphatic rings. The highest BCUT2D eigenvalue weighted by Gasteiger charge is 2.36. The van der Waals surface area contributed by atoms with Crippen LogP contribution in [-0.4, -0.2) is 33.7 Å². The average molecular weight is 501 g/mol. The molecule has 11 heteroatoms. The number of hydrogen-bond acceptors (Lipinski definition) is 5. The maximum atomic E-state index is 13.4. The first-order valence-corrected chi connectivity index (χ1v) is 10.2. The summed E-state index contributed by atoms with van der Waals surface area (Å²) in [5, 5.41) is 6.51. The third-order valence-corrected chi connectivity index (χ3v) is 4.96. The number of ether oxygens (including phenoxy) is 2. The summed E-state index contributed by atoms with van der Waals surface area (Å²) >= 11 is 3.16. The van der Waals surface area contributed by atoms with Gasteiger partial charge in [0.1, 0.15) is 5.69 Å². The molecule has 0 aliphatic heterocycles. The summed E-state index contributed by atoms with van der Waals surface area (Å²) in [6, 6.07) is 6.11. The second-order valence-electron chi connectivity index (χ2n) is 6.51. The summed E-state index contributed by atoms with van der Waals surface area (Å²) in [6.45, 7) is 6.18. The Labute approximate surface area is 184 Å². The lowest BCUT2D eigenvalue weighted by Crippen LogP contribution is -2.24. The highest BCUT2D eigenvalue weighted by atomic mass is 79.9. The van der Waals surface area contributed by atoms with Crippen molar-refractivity contribution in [2.75, 3.05) is 13.2 Å². The van der Waals surface area contributed by atoms with Crippen LogP contribution in [0.2, 0.25) is 0 Å². The number of carbonyl (C=O) groups is 1. The maximum absolute atomic E-state index is 13.4. The standard InChI is InChI=1S/C20H20BrF3N4O3/c1-4-30-13-7-6-12(9-14(13)31-5-2)10-25-19(29)17-16(21)18-26-11(3)8-15(20(22,23)24)28(18)27-17/h6-9H,4-5,10H2,1-3H3,(H,25,29). The van der Waals surface area contributed by atoms with Gasteiger partial charge >= 0.3 is 6.18 Å². The SMILES string of the molecule is CCOc1ccc(CNC(=O)c2nn3c(C(F)(F)F)cc(C)nc3c2Br)cc1OCC. The number of fused-ring (bicyclic) bond motifs is 1. The van der Waals surface area contributed by atoms with Crippen molar-refractivity contribution in [3.8, 4) is 11.5 Å². The number of aryl methyl sites for hydroxylation is 1. The van der Waals surface area contributed by atoms with E-state index in [2.05, 4.69) is 31.3 Å². The number of rotatable bonds is 7. The van der Waals surface area contributed by atoms with E-state index in [4.69, 9.17) is 9.47 Å². The molecule has 2 heterocycles. The Morgan fingerprint density at radius 2 is 1.84 bits per heavy atom. The fourth-order valence-corrected chi connectivity index (χ4v) is 3.45. The Kier molecular flexibility index (Phi) is 6.73. The molecule has 31 heavy (non-hydrogen) atoms. The summed E-state index contributed by atoms with van der Waals surface area (Å²) in [5.41, 5.74) is -0.408. The second-order valence-corrected chi connectivity index (χ2v) is 7.30. The van der Waals surface area contributed by atoms with Gasteiger partial charge in [-0.25, -0.2) is 9.50 Å². The molecule has 166 valence electrons. The van der Waals surface area contributed by atoms with Gasteiger partial charge in [-0.2, -0.15) is 18.3 Å². The smallest absolute Gasteiger partial charge is 0.433 e. The van der Waals surface area contributed by atoms with Crippen molar-refractivity contribution in [2.45, 2.75) is 33.5 Å². The topological polar surface area (TPSA) is 77.8 Å². The first-order chi connectivity index (χ1) is 14.7.